The highest BCUT2D eigenvalue weighted by atomic mass is 16.5. The summed E-state index contributed by atoms with van der Waals surface area (Å²) >= 11 is 0. The van der Waals surface area contributed by atoms with Crippen LogP contribution in [0.2, 0.25) is 0 Å². The third-order valence-electron chi connectivity index (χ3n) is 15.6. The fourth-order valence-electron chi connectivity index (χ4n) is 12.0. The van der Waals surface area contributed by atoms with E-state index in [0.29, 0.717) is 77.5 Å². The van der Waals surface area contributed by atoms with E-state index in [1.54, 1.807) is 61.7 Å². The number of carbonyl (C=O) groups is 5. The first-order valence-corrected chi connectivity index (χ1v) is 24.5. The number of hydrogen-bond acceptors (Lipinski definition) is 13. The smallest absolute Gasteiger partial charge is 0.328 e. The Labute approximate surface area is 398 Å². The summed E-state index contributed by atoms with van der Waals surface area (Å²) in [4.78, 5) is 84.6. The number of benzene rings is 2. The predicted molar refractivity (Wildman–Crippen MR) is 257 cm³/mol. The molecule has 1 spiro atoms. The highest BCUT2D eigenvalue weighted by Gasteiger charge is 2.55. The number of rotatable bonds is 14. The fraction of sp³-hybridized carbons (Fsp3) is 0.580. The fourth-order valence-corrected chi connectivity index (χ4v) is 12.0. The molecule has 2 aromatic carbocycles. The van der Waals surface area contributed by atoms with E-state index in [-0.39, 0.29) is 60.7 Å². The minimum absolute atomic E-state index is 0.0187. The number of carbonyl (C=O) groups excluding carboxylic acids is 5. The summed E-state index contributed by atoms with van der Waals surface area (Å²) in [6, 6.07) is 9.84. The van der Waals surface area contributed by atoms with Crippen LogP contribution in [0.5, 0.6) is 11.5 Å². The van der Waals surface area contributed by atoms with Crippen LogP contribution in [0.15, 0.2) is 42.6 Å². The lowest BCUT2D eigenvalue weighted by Crippen LogP contribution is -2.64. The van der Waals surface area contributed by atoms with Crippen LogP contribution in [0.3, 0.4) is 0 Å². The van der Waals surface area contributed by atoms with E-state index < -0.39 is 11.6 Å². The van der Waals surface area contributed by atoms with Gasteiger partial charge in [0.2, 0.25) is 17.8 Å². The van der Waals surface area contributed by atoms with E-state index >= 15 is 0 Å². The maximum absolute atomic E-state index is 13.9. The van der Waals surface area contributed by atoms with Gasteiger partial charge in [0.15, 0.2) is 5.82 Å². The standard InChI is InChI=1S/C50H66N10O8/c1-5-37-46(65)56(2)39-28-51-47(54-43(39)60(37)35-8-6-7-9-35)52-36-12-10-33(27-41(36)68-4)44(63)55-50(19-25-61)30-49(31-50)17-23-57(24-18-49)29-32-14-20-58(21-15-32)45(64)34-11-13-40(67-3)38(26-34)59-22-16-42(62)53-48(59)66/h10-13,26-28,32,35,37,61H,5-9,14-25,29-31H2,1-4H3,(H,55,63)(H,51,52,54)(H,53,62,66). The molecule has 2 aliphatic carbocycles. The maximum atomic E-state index is 13.9. The van der Waals surface area contributed by atoms with Crippen molar-refractivity contribution < 1.29 is 38.6 Å². The number of urea groups is 1. The second kappa shape index (κ2) is 19.5. The quantitative estimate of drug-likeness (QED) is 0.159. The van der Waals surface area contributed by atoms with Crippen molar-refractivity contribution in [2.24, 2.45) is 11.3 Å². The molecule has 18 heteroatoms. The molecule has 68 heavy (non-hydrogen) atoms. The summed E-state index contributed by atoms with van der Waals surface area (Å²) < 4.78 is 11.3. The molecule has 3 saturated heterocycles. The van der Waals surface area contributed by atoms with Crippen LogP contribution >= 0.6 is 0 Å². The maximum Gasteiger partial charge on any atom is 0.328 e. The summed E-state index contributed by atoms with van der Waals surface area (Å²) in [7, 11) is 4.86. The molecule has 0 radical (unpaired) electrons. The first-order valence-electron chi connectivity index (χ1n) is 24.5. The normalized spacial score (nSPS) is 21.9. The van der Waals surface area contributed by atoms with E-state index in [1.807, 2.05) is 11.8 Å². The van der Waals surface area contributed by atoms with Crippen molar-refractivity contribution in [3.05, 3.63) is 53.7 Å². The number of aliphatic hydroxyl groups is 1. The zero-order valence-electron chi connectivity index (χ0n) is 39.9. The summed E-state index contributed by atoms with van der Waals surface area (Å²) in [5.41, 5.74) is 2.32. The molecule has 6 aliphatic rings. The SMILES string of the molecule is CCC1C(=O)N(C)c2cnc(Nc3ccc(C(=O)NC4(CCO)CC5(CCN(CC6CCN(C(=O)c7ccc(OC)c(N8CCC(=O)NC8=O)c7)CC6)CC5)C4)cc3OC)nc2N1C1CCCC1. The number of nitrogens with one attached hydrogen (secondary N) is 3. The number of imide groups is 1. The van der Waals surface area contributed by atoms with Crippen molar-refractivity contribution in [2.75, 3.05) is 87.2 Å². The predicted octanol–water partition coefficient (Wildman–Crippen LogP) is 5.47. The van der Waals surface area contributed by atoms with E-state index in [1.165, 1.54) is 12.0 Å². The first-order chi connectivity index (χ1) is 32.9. The minimum atomic E-state index is -0.528. The number of likely N-dealkylation sites (N-methyl/N-ethyl adjacent to an activating group) is 1. The van der Waals surface area contributed by atoms with Crippen LogP contribution in [0, 0.1) is 11.3 Å². The summed E-state index contributed by atoms with van der Waals surface area (Å²) in [6.45, 7) is 6.46. The third-order valence-corrected chi connectivity index (χ3v) is 15.6. The van der Waals surface area contributed by atoms with E-state index in [2.05, 4.69) is 30.7 Å². The Balaban J connectivity index is 0.770. The molecule has 0 bridgehead atoms. The van der Waals surface area contributed by atoms with Crippen LogP contribution in [-0.4, -0.2) is 139 Å². The minimum Gasteiger partial charge on any atom is -0.495 e. The van der Waals surface area contributed by atoms with Gasteiger partial charge in [0, 0.05) is 69.0 Å². The number of anilines is 5. The molecule has 3 aromatic rings. The Hall–Kier alpha value is -6.01. The van der Waals surface area contributed by atoms with Gasteiger partial charge in [-0.3, -0.25) is 29.4 Å². The van der Waals surface area contributed by atoms with Crippen molar-refractivity contribution in [1.82, 2.24) is 30.4 Å². The second-order valence-corrected chi connectivity index (χ2v) is 19.8. The highest BCUT2D eigenvalue weighted by molar-refractivity contribution is 6.07. The summed E-state index contributed by atoms with van der Waals surface area (Å²) in [6.07, 6.45) is 12.9. The molecular formula is C50H66N10O8. The lowest BCUT2D eigenvalue weighted by atomic mass is 9.52. The zero-order valence-corrected chi connectivity index (χ0v) is 39.9. The molecule has 5 fully saturated rings. The number of hydrogen-bond donors (Lipinski definition) is 4. The van der Waals surface area contributed by atoms with Gasteiger partial charge in [-0.15, -0.1) is 0 Å². The van der Waals surface area contributed by atoms with Gasteiger partial charge in [0.25, 0.3) is 11.8 Å². The molecule has 9 rings (SSSR count). The van der Waals surface area contributed by atoms with Crippen LogP contribution in [0.4, 0.5) is 33.6 Å². The Morgan fingerprint density at radius 2 is 1.62 bits per heavy atom. The molecular weight excluding hydrogens is 869 g/mol. The number of likely N-dealkylation sites (tertiary alicyclic amines) is 2. The summed E-state index contributed by atoms with van der Waals surface area (Å²) in [5, 5.41) is 19.2. The second-order valence-electron chi connectivity index (χ2n) is 19.8. The van der Waals surface area contributed by atoms with Crippen LogP contribution in [-0.2, 0) is 9.59 Å². The number of fused-ring (bicyclic) bond motifs is 1. The number of aromatic nitrogens is 2. The first kappa shape index (κ1) is 47.1. The Morgan fingerprint density at radius 1 is 0.897 bits per heavy atom. The highest BCUT2D eigenvalue weighted by Crippen LogP contribution is 2.56. The van der Waals surface area contributed by atoms with Gasteiger partial charge in [0.1, 0.15) is 23.2 Å². The molecule has 364 valence electrons. The number of aliphatic hydroxyl groups excluding tert-OH is 1. The average molecular weight is 935 g/mol. The van der Waals surface area contributed by atoms with Crippen molar-refractivity contribution in [3.8, 4) is 11.5 Å². The third kappa shape index (κ3) is 9.28. The van der Waals surface area contributed by atoms with Gasteiger partial charge >= 0.3 is 6.03 Å². The van der Waals surface area contributed by atoms with Crippen LogP contribution in [0.25, 0.3) is 0 Å². The van der Waals surface area contributed by atoms with E-state index in [4.69, 9.17) is 14.5 Å². The van der Waals surface area contributed by atoms with Gasteiger partial charge < -0.3 is 44.8 Å². The van der Waals surface area contributed by atoms with Gasteiger partial charge in [-0.2, -0.15) is 4.98 Å². The van der Waals surface area contributed by atoms with Crippen molar-refractivity contribution in [2.45, 2.75) is 108 Å². The largest absolute Gasteiger partial charge is 0.495 e. The molecule has 4 N–H and O–H groups in total. The molecule has 1 unspecified atom stereocenters. The van der Waals surface area contributed by atoms with Gasteiger partial charge in [-0.25, -0.2) is 9.78 Å². The van der Waals surface area contributed by atoms with Crippen molar-refractivity contribution >= 4 is 58.5 Å². The van der Waals surface area contributed by atoms with Gasteiger partial charge in [0.05, 0.1) is 31.8 Å². The molecule has 1 atom stereocenters. The van der Waals surface area contributed by atoms with Crippen molar-refractivity contribution in [1.29, 1.82) is 0 Å². The average Bonchev–Trinajstić information content (AvgIpc) is 3.87. The van der Waals surface area contributed by atoms with Crippen LogP contribution < -0.4 is 40.1 Å². The molecule has 1 aromatic heterocycles. The molecule has 18 nitrogen and oxygen atoms in total. The zero-order chi connectivity index (χ0) is 47.7. The molecule has 2 saturated carbocycles. The van der Waals surface area contributed by atoms with Crippen LogP contribution in [0.1, 0.15) is 111 Å². The number of piperidine rings is 2. The number of methoxy groups -OCH3 is 2. The van der Waals surface area contributed by atoms with E-state index in [0.717, 1.165) is 89.7 Å². The van der Waals surface area contributed by atoms with Gasteiger partial charge in [-0.1, -0.05) is 19.8 Å². The Bertz CT molecular complexity index is 2400. The summed E-state index contributed by atoms with van der Waals surface area (Å²) in [5.74, 6) is 1.96. The Kier molecular flexibility index (Phi) is 13.5. The lowest BCUT2D eigenvalue weighted by molar-refractivity contribution is -0.121. The van der Waals surface area contributed by atoms with E-state index in [9.17, 15) is 29.1 Å². The number of amides is 6. The number of ether oxygens (including phenoxy) is 2. The molecule has 6 amide bonds. The Morgan fingerprint density at radius 3 is 2.29 bits per heavy atom. The van der Waals surface area contributed by atoms with Crippen molar-refractivity contribution in [3.63, 3.8) is 0 Å². The number of nitrogens with zero attached hydrogens (tertiary/aromatic N) is 7. The topological polar surface area (TPSA) is 202 Å². The lowest BCUT2D eigenvalue weighted by Gasteiger charge is -2.59. The molecule has 5 heterocycles. The van der Waals surface area contributed by atoms with Gasteiger partial charge in [-0.05, 0) is 125 Å². The monoisotopic (exact) mass is 935 g/mol. The molecule has 4 aliphatic heterocycles.